The highest BCUT2D eigenvalue weighted by molar-refractivity contribution is 7.99. The number of benzene rings is 1. The Hall–Kier alpha value is -2.74. The summed E-state index contributed by atoms with van der Waals surface area (Å²) in [6.07, 6.45) is 0. The van der Waals surface area contributed by atoms with Gasteiger partial charge in [-0.15, -0.1) is 0 Å². The van der Waals surface area contributed by atoms with E-state index in [9.17, 15) is 10.1 Å². The Morgan fingerprint density at radius 3 is 2.68 bits per heavy atom. The Bertz CT molecular complexity index is 888. The van der Waals surface area contributed by atoms with Crippen LogP contribution in [-0.4, -0.2) is 11.7 Å². The van der Waals surface area contributed by atoms with E-state index in [4.69, 9.17) is 22.6 Å². The van der Waals surface area contributed by atoms with E-state index in [2.05, 4.69) is 10.3 Å². The number of carbonyl (C=O) groups is 1. The molecule has 0 spiro atoms. The highest BCUT2D eigenvalue weighted by atomic mass is 35.5. The number of carbonyl (C=O) groups excluding carboxylic acids is 1. The maximum absolute atomic E-state index is 12.2. The molecule has 1 aromatic heterocycles. The standard InChI is InChI=1S/C17H14ClN5OS/c1-10(13-4-2-3-5-14(13)18)22-15(24)9-25-17-12(8-20)6-11(7-19)16(21)23-17/h2-6,10H,9H2,1H3,(H2,21,23)(H,22,24)/p+1/t10-/m0/s1. The number of rotatable bonds is 5. The minimum Gasteiger partial charge on any atom is -0.349 e. The van der Waals surface area contributed by atoms with Gasteiger partial charge in [-0.05, 0) is 24.6 Å². The zero-order chi connectivity index (χ0) is 18.4. The number of nitrogens with one attached hydrogen (secondary N) is 2. The first kappa shape index (κ1) is 18.6. The van der Waals surface area contributed by atoms with E-state index in [0.29, 0.717) is 10.0 Å². The topological polar surface area (TPSA) is 117 Å². The first-order valence-corrected chi connectivity index (χ1v) is 8.65. The number of thioether (sulfide) groups is 1. The number of nitriles is 2. The quantitative estimate of drug-likeness (QED) is 0.781. The van der Waals surface area contributed by atoms with E-state index in [1.165, 1.54) is 6.07 Å². The lowest BCUT2D eigenvalue weighted by atomic mass is 10.1. The number of anilines is 1. The smallest absolute Gasteiger partial charge is 0.289 e. The molecule has 0 unspecified atom stereocenters. The molecular formula is C17H15ClN5OS+. The van der Waals surface area contributed by atoms with Crippen LogP contribution in [0.15, 0.2) is 35.4 Å². The van der Waals surface area contributed by atoms with Crippen LogP contribution in [0.4, 0.5) is 5.82 Å². The number of amides is 1. The molecule has 0 fully saturated rings. The molecule has 6 nitrogen and oxygen atoms in total. The molecule has 126 valence electrons. The number of nitrogens with zero attached hydrogens (tertiary/aromatic N) is 2. The predicted molar refractivity (Wildman–Crippen MR) is 95.6 cm³/mol. The molecular weight excluding hydrogens is 358 g/mol. The first-order chi connectivity index (χ1) is 12.0. The van der Waals surface area contributed by atoms with Gasteiger partial charge in [0.1, 0.15) is 23.3 Å². The van der Waals surface area contributed by atoms with Crippen molar-refractivity contribution in [2.45, 2.75) is 18.0 Å². The van der Waals surface area contributed by atoms with Gasteiger partial charge in [0.05, 0.1) is 11.8 Å². The fourth-order valence-corrected chi connectivity index (χ4v) is 3.26. The summed E-state index contributed by atoms with van der Waals surface area (Å²) in [6.45, 7) is 1.84. The van der Waals surface area contributed by atoms with Crippen molar-refractivity contribution in [3.05, 3.63) is 52.0 Å². The van der Waals surface area contributed by atoms with Crippen LogP contribution in [0.1, 0.15) is 29.7 Å². The molecule has 1 amide bonds. The van der Waals surface area contributed by atoms with Gasteiger partial charge in [-0.3, -0.25) is 10.5 Å². The molecule has 0 bridgehead atoms. The van der Waals surface area contributed by atoms with E-state index in [1.54, 1.807) is 6.07 Å². The summed E-state index contributed by atoms with van der Waals surface area (Å²) >= 11 is 7.27. The largest absolute Gasteiger partial charge is 0.349 e. The highest BCUT2D eigenvalue weighted by Crippen LogP contribution is 2.23. The molecule has 0 aliphatic carbocycles. The zero-order valence-electron chi connectivity index (χ0n) is 13.3. The summed E-state index contributed by atoms with van der Waals surface area (Å²) in [4.78, 5) is 15.0. The lowest BCUT2D eigenvalue weighted by Crippen LogP contribution is -2.29. The van der Waals surface area contributed by atoms with E-state index < -0.39 is 0 Å². The number of hydrogen-bond acceptors (Lipinski definition) is 5. The Morgan fingerprint density at radius 2 is 2.04 bits per heavy atom. The third kappa shape index (κ3) is 4.63. The number of aromatic nitrogens is 1. The summed E-state index contributed by atoms with van der Waals surface area (Å²) in [5, 5.41) is 22.0. The van der Waals surface area contributed by atoms with Crippen molar-refractivity contribution in [3.8, 4) is 12.1 Å². The highest BCUT2D eigenvalue weighted by Gasteiger charge is 2.17. The van der Waals surface area contributed by atoms with Gasteiger partial charge in [-0.2, -0.15) is 10.5 Å². The molecule has 1 aromatic carbocycles. The van der Waals surface area contributed by atoms with Crippen molar-refractivity contribution in [2.75, 3.05) is 11.5 Å². The van der Waals surface area contributed by atoms with Crippen LogP contribution in [-0.2, 0) is 4.79 Å². The van der Waals surface area contributed by atoms with E-state index in [0.717, 1.165) is 17.3 Å². The number of hydrogen-bond donors (Lipinski definition) is 2. The Labute approximate surface area is 154 Å². The summed E-state index contributed by atoms with van der Waals surface area (Å²) in [7, 11) is 0. The van der Waals surface area contributed by atoms with Crippen LogP contribution in [0, 0.1) is 22.7 Å². The molecule has 0 aliphatic heterocycles. The van der Waals surface area contributed by atoms with Crippen molar-refractivity contribution < 1.29 is 9.78 Å². The average molecular weight is 373 g/mol. The molecule has 1 atom stereocenters. The second-order valence-electron chi connectivity index (χ2n) is 5.16. The summed E-state index contributed by atoms with van der Waals surface area (Å²) in [5.74, 6) is 0.0391. The Balaban J connectivity index is 2.03. The van der Waals surface area contributed by atoms with E-state index in [1.807, 2.05) is 37.3 Å². The van der Waals surface area contributed by atoms with Crippen LogP contribution in [0.2, 0.25) is 5.02 Å². The lowest BCUT2D eigenvalue weighted by Gasteiger charge is -2.15. The maximum atomic E-state index is 12.2. The van der Waals surface area contributed by atoms with Crippen molar-refractivity contribution in [3.63, 3.8) is 0 Å². The van der Waals surface area contributed by atoms with Crippen LogP contribution in [0.3, 0.4) is 0 Å². The molecule has 0 radical (unpaired) electrons. The van der Waals surface area contributed by atoms with Crippen LogP contribution < -0.4 is 16.0 Å². The van der Waals surface area contributed by atoms with Crippen LogP contribution in [0.25, 0.3) is 0 Å². The van der Waals surface area contributed by atoms with Crippen molar-refractivity contribution in [2.24, 2.45) is 0 Å². The molecule has 25 heavy (non-hydrogen) atoms. The number of pyridine rings is 1. The van der Waals surface area contributed by atoms with Gasteiger partial charge in [0, 0.05) is 5.02 Å². The SMILES string of the molecule is C[C@H](NC(=O)CSc1[nH+]c(N)c(C#N)cc1C#N)c1ccccc1Cl. The number of halogens is 1. The van der Waals surface area contributed by atoms with E-state index >= 15 is 0 Å². The third-order valence-electron chi connectivity index (χ3n) is 3.41. The van der Waals surface area contributed by atoms with Gasteiger partial charge in [0.15, 0.2) is 5.03 Å². The Kier molecular flexibility index (Phi) is 6.24. The molecule has 0 aliphatic rings. The van der Waals surface area contributed by atoms with Crippen LogP contribution >= 0.6 is 23.4 Å². The summed E-state index contributed by atoms with van der Waals surface area (Å²) in [5.41, 5.74) is 7.01. The number of nitrogen functional groups attached to an aromatic ring is 1. The molecule has 0 saturated heterocycles. The number of aromatic amines is 1. The van der Waals surface area contributed by atoms with Crippen molar-refractivity contribution in [1.29, 1.82) is 10.5 Å². The Morgan fingerprint density at radius 1 is 1.36 bits per heavy atom. The monoisotopic (exact) mass is 372 g/mol. The van der Waals surface area contributed by atoms with Gasteiger partial charge in [-0.1, -0.05) is 41.6 Å². The molecule has 2 aromatic rings. The van der Waals surface area contributed by atoms with Gasteiger partial charge >= 0.3 is 0 Å². The fourth-order valence-electron chi connectivity index (χ4n) is 2.16. The first-order valence-electron chi connectivity index (χ1n) is 7.28. The van der Waals surface area contributed by atoms with Crippen LogP contribution in [0.5, 0.6) is 0 Å². The summed E-state index contributed by atoms with van der Waals surface area (Å²) in [6, 6.07) is 12.3. The van der Waals surface area contributed by atoms with E-state index in [-0.39, 0.29) is 34.6 Å². The third-order valence-corrected chi connectivity index (χ3v) is 4.77. The minimum atomic E-state index is -0.243. The van der Waals surface area contributed by atoms with Gasteiger partial charge < -0.3 is 5.32 Å². The maximum Gasteiger partial charge on any atom is 0.289 e. The second kappa shape index (κ2) is 8.39. The van der Waals surface area contributed by atoms with Crippen molar-refractivity contribution >= 4 is 35.1 Å². The predicted octanol–water partition coefficient (Wildman–Crippen LogP) is 2.45. The lowest BCUT2D eigenvalue weighted by molar-refractivity contribution is -0.410. The molecule has 8 heteroatoms. The molecule has 0 saturated carbocycles. The van der Waals surface area contributed by atoms with Gasteiger partial charge in [0.2, 0.25) is 5.91 Å². The minimum absolute atomic E-state index is 0.0886. The van der Waals surface area contributed by atoms with Gasteiger partial charge in [-0.25, -0.2) is 4.98 Å². The molecule has 4 N–H and O–H groups in total. The fraction of sp³-hybridized carbons (Fsp3) is 0.176. The number of nitrogens with two attached hydrogens (primary N) is 1. The van der Waals surface area contributed by atoms with Crippen molar-refractivity contribution in [1.82, 2.24) is 5.32 Å². The molecule has 2 rings (SSSR count). The second-order valence-corrected chi connectivity index (χ2v) is 6.56. The summed E-state index contributed by atoms with van der Waals surface area (Å²) < 4.78 is 0. The number of H-pyrrole nitrogens is 1. The molecule has 1 heterocycles. The van der Waals surface area contributed by atoms with Gasteiger partial charge in [0.25, 0.3) is 5.82 Å². The average Bonchev–Trinajstić information content (AvgIpc) is 2.60. The zero-order valence-corrected chi connectivity index (χ0v) is 14.9. The normalized spacial score (nSPS) is 11.2.